The van der Waals surface area contributed by atoms with Crippen molar-refractivity contribution < 1.29 is 178 Å². The molecular weight excluding hydrogens is 1720 g/mol. The van der Waals surface area contributed by atoms with Crippen molar-refractivity contribution in [2.45, 2.75) is 162 Å². The van der Waals surface area contributed by atoms with Crippen LogP contribution in [0.1, 0.15) is 243 Å². The summed E-state index contributed by atoms with van der Waals surface area (Å²) >= 11 is 0. The lowest BCUT2D eigenvalue weighted by Crippen LogP contribution is -2.28. The molecule has 710 valence electrons. The molecule has 6 aromatic rings. The van der Waals surface area contributed by atoms with Crippen molar-refractivity contribution in [3.8, 4) is 69.0 Å². The summed E-state index contributed by atoms with van der Waals surface area (Å²) in [6, 6.07) is 8.99. The highest BCUT2D eigenvalue weighted by atomic mass is 16.7. The van der Waals surface area contributed by atoms with Crippen LogP contribution in [0.2, 0.25) is 0 Å². The van der Waals surface area contributed by atoms with Gasteiger partial charge in [0.05, 0.1) is 142 Å². The fraction of sp³-hybridized carbons (Fsp3) is 0.462. The average Bonchev–Trinajstić information content (AvgIpc) is 1.39. The van der Waals surface area contributed by atoms with Gasteiger partial charge in [-0.05, 0) is 155 Å². The zero-order chi connectivity index (χ0) is 95.9. The quantitative estimate of drug-likeness (QED) is 0.00696. The number of cyclic esters (lactones) is 6. The molecule has 6 atom stereocenters. The maximum Gasteiger partial charge on any atom is 0.340 e. The Hall–Kier alpha value is -12.8. The standard InChI is InChI=1S/C17H23NO6.C16H18O6.C16H20O6.C15H16O6.C15H18O6.C14H16O7/c1-18(2)6-4-5-7-23-14-8-12-11(9-15(20)24-17(12)21)13(10-19)16(14)22-3;1-9(2)4-5-21-13-6-11-10(7-14(18)22-16(11)19)12(8-17)15(13)20-3;1-3-4-5-6-21-13-7-11-10(8-14(18)22-16(11)19)12(9-17)15(13)20-2;1-19-14-11(6-16)9-5-13(17)21-15(18)10(9)4-12(14)20-7-8-2-3-8;1-3-4-5-20-12-6-10-9(7-13(17)21-15(10)18)11(8-16)14(12)19-2;1-18-3-4-20-11-5-9-8(6-12(16)21-14(9)17)10(7-15)13(11)19-2/h8,10,15,20H,4-7,9H2,1-3H3;4,6,8,14,18H,5,7H2,1-3H3;7,9,14,18H,3-6,8H2,1-2H3;4,6,8,13,17H,2-3,5,7H2,1H3;6,8,13,17H,3-5,7H2,1-2H3;5,7,12,16H,3-4,6H2,1-2H3. The number of hydrogen-bond acceptors (Lipinski definition) is 38. The number of rotatable bonds is 37. The van der Waals surface area contributed by atoms with E-state index in [1.807, 2.05) is 40.9 Å². The third kappa shape index (κ3) is 26.7. The van der Waals surface area contributed by atoms with Crippen LogP contribution in [0.4, 0.5) is 0 Å². The summed E-state index contributed by atoms with van der Waals surface area (Å²) in [4.78, 5) is 142. The summed E-state index contributed by atoms with van der Waals surface area (Å²) in [5.41, 5.74) is 6.19. The second-order valence-electron chi connectivity index (χ2n) is 30.5. The lowest BCUT2D eigenvalue weighted by Gasteiger charge is -2.24. The minimum absolute atomic E-state index is 0.0316. The summed E-state index contributed by atoms with van der Waals surface area (Å²) in [7, 11) is 14.1. The molecule has 1 fully saturated rings. The number of carbonyl (C=O) groups excluding carboxylic acids is 12. The first-order valence-electron chi connectivity index (χ1n) is 42.0. The predicted octanol–water partition coefficient (Wildman–Crippen LogP) is 8.86. The molecule has 0 bridgehead atoms. The Morgan fingerprint density at radius 3 is 0.817 bits per heavy atom. The first kappa shape index (κ1) is 104. The van der Waals surface area contributed by atoms with Crippen LogP contribution >= 0.6 is 0 Å². The SMILES string of the molecule is CCCCCOc1cc2c(c(C=O)c1OC)CC(O)OC2=O.CCCCOc1cc2c(c(C=O)c1OC)CC(O)OC2=O.COCCOc1cc2c(c(C=O)c1OC)CC(O)OC2=O.COc1c(OCC2CC2)cc2c(c1C=O)CC(O)OC2=O.COc1c(OCC=C(C)C)cc2c(c1C=O)CC(O)OC2=O.COc1c(OCCCCN(C)C)cc2c(c1C=O)CC(O)OC2=O. The molecule has 13 rings (SSSR count). The Bertz CT molecular complexity index is 5020. The van der Waals surface area contributed by atoms with Crippen molar-refractivity contribution >= 4 is 73.5 Å². The number of carbonyl (C=O) groups is 12. The molecule has 6 N–H and O–H groups in total. The van der Waals surface area contributed by atoms with Crippen molar-refractivity contribution in [1.82, 2.24) is 4.90 Å². The van der Waals surface area contributed by atoms with Crippen LogP contribution in [-0.4, -0.2) is 263 Å². The summed E-state index contributed by atoms with van der Waals surface area (Å²) in [6.45, 7) is 11.7. The third-order valence-corrected chi connectivity index (χ3v) is 20.8. The maximum absolute atomic E-state index is 12.0. The van der Waals surface area contributed by atoms with Crippen LogP contribution in [0.5, 0.6) is 69.0 Å². The van der Waals surface area contributed by atoms with Crippen LogP contribution < -0.4 is 56.8 Å². The number of unbranched alkanes of at least 4 members (excludes halogenated alkanes) is 4. The lowest BCUT2D eigenvalue weighted by molar-refractivity contribution is -0.0699. The van der Waals surface area contributed by atoms with Gasteiger partial charge in [-0.25, -0.2) is 28.8 Å². The molecule has 0 saturated heterocycles. The maximum atomic E-state index is 12.0. The number of allylic oxidation sites excluding steroid dienone is 1. The largest absolute Gasteiger partial charge is 0.492 e. The molecule has 6 aromatic carbocycles. The molecule has 0 aromatic heterocycles. The highest BCUT2D eigenvalue weighted by Crippen LogP contribution is 2.45. The number of hydrogen-bond donors (Lipinski definition) is 6. The van der Waals surface area contributed by atoms with E-state index in [1.54, 1.807) is 0 Å². The number of esters is 6. The number of aldehydes is 6. The summed E-state index contributed by atoms with van der Waals surface area (Å²) < 4.78 is 98.8. The monoisotopic (exact) mass is 1830 g/mol. The van der Waals surface area contributed by atoms with Crippen LogP contribution in [0.3, 0.4) is 0 Å². The Morgan fingerprint density at radius 1 is 0.344 bits per heavy atom. The van der Waals surface area contributed by atoms with E-state index in [0.717, 1.165) is 69.9 Å². The van der Waals surface area contributed by atoms with Gasteiger partial charge in [0.2, 0.25) is 37.7 Å². The highest BCUT2D eigenvalue weighted by Gasteiger charge is 2.39. The number of methoxy groups -OCH3 is 7. The molecule has 0 amide bonds. The van der Waals surface area contributed by atoms with Gasteiger partial charge in [0.25, 0.3) is 0 Å². The number of ether oxygens (including phenoxy) is 19. The van der Waals surface area contributed by atoms with Crippen LogP contribution in [-0.2, 0) is 71.7 Å². The summed E-state index contributed by atoms with van der Waals surface area (Å²) in [6.07, 6.45) is 7.07. The van der Waals surface area contributed by atoms with E-state index < -0.39 is 73.6 Å². The highest BCUT2D eigenvalue weighted by molar-refractivity contribution is 6.02. The molecule has 6 aliphatic heterocycles. The van der Waals surface area contributed by atoms with Gasteiger partial charge in [-0.2, -0.15) is 0 Å². The summed E-state index contributed by atoms with van der Waals surface area (Å²) in [5, 5.41) is 57.2. The number of benzene rings is 6. The molecule has 38 nitrogen and oxygen atoms in total. The van der Waals surface area contributed by atoms with Crippen LogP contribution in [0.15, 0.2) is 48.0 Å². The molecule has 0 radical (unpaired) electrons. The Kier molecular flexibility index (Phi) is 39.8. The molecule has 131 heavy (non-hydrogen) atoms. The van der Waals surface area contributed by atoms with E-state index in [4.69, 9.17) is 90.0 Å². The van der Waals surface area contributed by atoms with Crippen LogP contribution in [0.25, 0.3) is 0 Å². The Labute approximate surface area is 754 Å². The first-order valence-corrected chi connectivity index (χ1v) is 42.0. The minimum Gasteiger partial charge on any atom is -0.492 e. The van der Waals surface area contributed by atoms with E-state index >= 15 is 0 Å². The normalized spacial score (nSPS) is 17.3. The fourth-order valence-electron chi connectivity index (χ4n) is 14.3. The van der Waals surface area contributed by atoms with Gasteiger partial charge in [0.1, 0.15) is 13.2 Å². The number of nitrogens with zero attached hydrogens (tertiary/aromatic N) is 1. The third-order valence-electron chi connectivity index (χ3n) is 20.8. The average molecular weight is 1830 g/mol. The van der Waals surface area contributed by atoms with Gasteiger partial charge in [0, 0.05) is 45.6 Å². The second kappa shape index (κ2) is 50.4. The molecule has 6 heterocycles. The van der Waals surface area contributed by atoms with Gasteiger partial charge in [0.15, 0.2) is 107 Å². The van der Waals surface area contributed by atoms with Crippen molar-refractivity contribution in [3.63, 3.8) is 0 Å². The smallest absolute Gasteiger partial charge is 0.340 e. The van der Waals surface area contributed by atoms with E-state index in [0.29, 0.717) is 139 Å². The minimum atomic E-state index is -1.27. The zero-order valence-corrected chi connectivity index (χ0v) is 75.1. The van der Waals surface area contributed by atoms with E-state index in [-0.39, 0.29) is 159 Å². The number of aliphatic hydroxyl groups is 6. The number of fused-ring (bicyclic) bond motifs is 6. The predicted molar refractivity (Wildman–Crippen MR) is 460 cm³/mol. The van der Waals surface area contributed by atoms with Crippen molar-refractivity contribution in [2.75, 3.05) is 117 Å². The fourth-order valence-corrected chi connectivity index (χ4v) is 14.3. The van der Waals surface area contributed by atoms with Crippen LogP contribution in [0, 0.1) is 5.92 Å². The lowest BCUT2D eigenvalue weighted by atomic mass is 9.95. The van der Waals surface area contributed by atoms with Crippen molar-refractivity contribution in [2.24, 2.45) is 5.92 Å². The molecule has 6 unspecified atom stereocenters. The van der Waals surface area contributed by atoms with Crippen molar-refractivity contribution in [1.29, 1.82) is 0 Å². The van der Waals surface area contributed by atoms with Gasteiger partial charge in [-0.15, -0.1) is 0 Å². The molecule has 38 heteroatoms. The topological polar surface area (TPSA) is 505 Å². The Balaban J connectivity index is 0.000000194. The zero-order valence-electron chi connectivity index (χ0n) is 75.1. The van der Waals surface area contributed by atoms with E-state index in [1.165, 1.54) is 86.2 Å². The van der Waals surface area contributed by atoms with Crippen molar-refractivity contribution in [3.05, 3.63) is 148 Å². The van der Waals surface area contributed by atoms with Gasteiger partial charge in [-0.1, -0.05) is 38.7 Å². The van der Waals surface area contributed by atoms with Gasteiger partial charge >= 0.3 is 35.8 Å². The number of aliphatic hydroxyl groups excluding tert-OH is 6. The molecular formula is C93H111NO37. The second-order valence-corrected chi connectivity index (χ2v) is 30.5. The van der Waals surface area contributed by atoms with Gasteiger partial charge in [-0.3, -0.25) is 28.8 Å². The van der Waals surface area contributed by atoms with E-state index in [2.05, 4.69) is 11.8 Å². The molecule has 1 aliphatic carbocycles. The molecule has 1 saturated carbocycles. The molecule has 7 aliphatic rings. The van der Waals surface area contributed by atoms with E-state index in [9.17, 15) is 88.2 Å². The Morgan fingerprint density at radius 2 is 0.588 bits per heavy atom. The van der Waals surface area contributed by atoms with Gasteiger partial charge < -0.3 is 126 Å². The molecule has 0 spiro atoms. The first-order chi connectivity index (χ1) is 62.9. The summed E-state index contributed by atoms with van der Waals surface area (Å²) in [5.74, 6) is -0.0265.